The molecule has 16 heavy (non-hydrogen) atoms. The van der Waals surface area contributed by atoms with Crippen LogP contribution < -0.4 is 4.74 Å². The van der Waals surface area contributed by atoms with Crippen molar-refractivity contribution in [3.8, 4) is 11.8 Å². The summed E-state index contributed by atoms with van der Waals surface area (Å²) in [6, 6.07) is 7.92. The maximum absolute atomic E-state index is 8.37. The molecule has 0 N–H and O–H groups in total. The first-order valence-electron chi connectivity index (χ1n) is 5.12. The third kappa shape index (κ3) is 4.42. The third-order valence-electron chi connectivity index (χ3n) is 2.09. The Morgan fingerprint density at radius 2 is 2.19 bits per heavy atom. The minimum absolute atomic E-state index is 0.501. The molecule has 0 bridgehead atoms. The summed E-state index contributed by atoms with van der Waals surface area (Å²) in [6.07, 6.45) is 2.38. The molecule has 0 aromatic heterocycles. The average molecular weight is 303 g/mol. The van der Waals surface area contributed by atoms with E-state index in [9.17, 15) is 0 Å². The van der Waals surface area contributed by atoms with Gasteiger partial charge in [-0.05, 0) is 46.5 Å². The Balaban J connectivity index is 2.40. The molecule has 0 unspecified atom stereocenters. The van der Waals surface area contributed by atoms with E-state index in [1.165, 1.54) is 0 Å². The second-order valence-corrected chi connectivity index (χ2v) is 4.48. The maximum atomic E-state index is 8.37. The van der Waals surface area contributed by atoms with Crippen LogP contribution in [0, 0.1) is 11.3 Å². The van der Waals surface area contributed by atoms with Gasteiger partial charge in [-0.15, -0.1) is 11.6 Å². The first kappa shape index (κ1) is 13.3. The van der Waals surface area contributed by atoms with E-state index in [2.05, 4.69) is 22.0 Å². The first-order chi connectivity index (χ1) is 7.77. The number of nitriles is 1. The first-order valence-corrected chi connectivity index (χ1v) is 6.45. The quantitative estimate of drug-likeness (QED) is 0.581. The van der Waals surface area contributed by atoms with Gasteiger partial charge < -0.3 is 4.74 Å². The zero-order valence-corrected chi connectivity index (χ0v) is 11.2. The highest BCUT2D eigenvalue weighted by atomic mass is 79.9. The highest BCUT2D eigenvalue weighted by molar-refractivity contribution is 9.10. The summed E-state index contributed by atoms with van der Waals surface area (Å²) in [6.45, 7) is 0.639. The molecule has 0 amide bonds. The predicted molar refractivity (Wildman–Crippen MR) is 68.7 cm³/mol. The SMILES string of the molecule is N#CCCCCOc1ccc(CCl)cc1Br. The Morgan fingerprint density at radius 3 is 2.81 bits per heavy atom. The number of halogens is 2. The van der Waals surface area contributed by atoms with Gasteiger partial charge in [-0.1, -0.05) is 6.07 Å². The van der Waals surface area contributed by atoms with Crippen LogP contribution in [0.25, 0.3) is 0 Å². The van der Waals surface area contributed by atoms with Crippen LogP contribution >= 0.6 is 27.5 Å². The van der Waals surface area contributed by atoms with Crippen LogP contribution in [0.15, 0.2) is 22.7 Å². The molecule has 0 spiro atoms. The van der Waals surface area contributed by atoms with Crippen LogP contribution in [0.5, 0.6) is 5.75 Å². The van der Waals surface area contributed by atoms with Crippen molar-refractivity contribution in [2.24, 2.45) is 0 Å². The summed E-state index contributed by atoms with van der Waals surface area (Å²) in [5.41, 5.74) is 1.06. The summed E-state index contributed by atoms with van der Waals surface area (Å²) in [5.74, 6) is 1.33. The van der Waals surface area contributed by atoms with E-state index in [0.717, 1.165) is 28.6 Å². The lowest BCUT2D eigenvalue weighted by Crippen LogP contribution is -1.98. The molecule has 86 valence electrons. The Labute approximate surface area is 109 Å². The van der Waals surface area contributed by atoms with Crippen LogP contribution in [-0.2, 0) is 5.88 Å². The molecule has 0 radical (unpaired) electrons. The minimum atomic E-state index is 0.501. The summed E-state index contributed by atoms with van der Waals surface area (Å²) >= 11 is 9.16. The molecule has 1 aromatic carbocycles. The lowest BCUT2D eigenvalue weighted by Gasteiger charge is -2.08. The summed E-state index contributed by atoms with van der Waals surface area (Å²) < 4.78 is 6.51. The number of rotatable bonds is 6. The molecule has 1 rings (SSSR count). The zero-order chi connectivity index (χ0) is 11.8. The lowest BCUT2D eigenvalue weighted by molar-refractivity contribution is 0.305. The molecule has 0 heterocycles. The largest absolute Gasteiger partial charge is 0.492 e. The van der Waals surface area contributed by atoms with Gasteiger partial charge in [0.1, 0.15) is 5.75 Å². The second-order valence-electron chi connectivity index (χ2n) is 3.36. The van der Waals surface area contributed by atoms with Crippen LogP contribution in [0.1, 0.15) is 24.8 Å². The Bertz CT molecular complexity index is 376. The minimum Gasteiger partial charge on any atom is -0.492 e. The van der Waals surface area contributed by atoms with Crippen LogP contribution in [0.2, 0.25) is 0 Å². The van der Waals surface area contributed by atoms with Crippen molar-refractivity contribution in [1.29, 1.82) is 5.26 Å². The van der Waals surface area contributed by atoms with Crippen molar-refractivity contribution in [3.63, 3.8) is 0 Å². The number of ether oxygens (including phenoxy) is 1. The Hall–Kier alpha value is -0.720. The van der Waals surface area contributed by atoms with Crippen molar-refractivity contribution in [1.82, 2.24) is 0 Å². The van der Waals surface area contributed by atoms with Gasteiger partial charge >= 0.3 is 0 Å². The number of nitrogens with zero attached hydrogens (tertiary/aromatic N) is 1. The van der Waals surface area contributed by atoms with Crippen LogP contribution in [-0.4, -0.2) is 6.61 Å². The normalized spacial score (nSPS) is 9.81. The molecule has 0 aliphatic rings. The number of alkyl halides is 1. The third-order valence-corrected chi connectivity index (χ3v) is 3.02. The fourth-order valence-electron chi connectivity index (χ4n) is 1.23. The molecular weight excluding hydrogens is 289 g/mol. The smallest absolute Gasteiger partial charge is 0.133 e. The van der Waals surface area contributed by atoms with Gasteiger partial charge in [-0.2, -0.15) is 5.26 Å². The summed E-state index contributed by atoms with van der Waals surface area (Å²) in [5, 5.41) is 8.37. The van der Waals surface area contributed by atoms with E-state index in [1.807, 2.05) is 18.2 Å². The average Bonchev–Trinajstić information content (AvgIpc) is 2.30. The van der Waals surface area contributed by atoms with E-state index in [0.29, 0.717) is 18.9 Å². The highest BCUT2D eigenvalue weighted by Gasteiger charge is 2.01. The molecule has 0 saturated heterocycles. The van der Waals surface area contributed by atoms with Gasteiger partial charge in [-0.3, -0.25) is 0 Å². The molecule has 0 aliphatic heterocycles. The van der Waals surface area contributed by atoms with Crippen molar-refractivity contribution in [2.45, 2.75) is 25.1 Å². The zero-order valence-electron chi connectivity index (χ0n) is 8.88. The van der Waals surface area contributed by atoms with E-state index in [-0.39, 0.29) is 0 Å². The van der Waals surface area contributed by atoms with Crippen molar-refractivity contribution >= 4 is 27.5 Å². The van der Waals surface area contributed by atoms with Gasteiger partial charge in [0.25, 0.3) is 0 Å². The summed E-state index contributed by atoms with van der Waals surface area (Å²) in [7, 11) is 0. The predicted octanol–water partition coefficient (Wildman–Crippen LogP) is 4.26. The topological polar surface area (TPSA) is 33.0 Å². The van der Waals surface area contributed by atoms with Gasteiger partial charge in [0.2, 0.25) is 0 Å². The van der Waals surface area contributed by atoms with Gasteiger partial charge in [-0.25, -0.2) is 0 Å². The van der Waals surface area contributed by atoms with E-state index in [4.69, 9.17) is 21.6 Å². The van der Waals surface area contributed by atoms with E-state index >= 15 is 0 Å². The fraction of sp³-hybridized carbons (Fsp3) is 0.417. The van der Waals surface area contributed by atoms with E-state index < -0.39 is 0 Å². The highest BCUT2D eigenvalue weighted by Crippen LogP contribution is 2.26. The Kier molecular flexibility index (Phi) is 6.29. The van der Waals surface area contributed by atoms with Crippen molar-refractivity contribution < 1.29 is 4.74 Å². The molecule has 0 saturated carbocycles. The molecule has 1 aromatic rings. The number of unbranched alkanes of at least 4 members (excludes halogenated alkanes) is 2. The molecule has 0 aliphatic carbocycles. The fourth-order valence-corrected chi connectivity index (χ4v) is 1.94. The monoisotopic (exact) mass is 301 g/mol. The number of hydrogen-bond acceptors (Lipinski definition) is 2. The molecule has 4 heteroatoms. The molecule has 2 nitrogen and oxygen atoms in total. The van der Waals surface area contributed by atoms with E-state index in [1.54, 1.807) is 0 Å². The number of benzene rings is 1. The van der Waals surface area contributed by atoms with Gasteiger partial charge in [0, 0.05) is 12.3 Å². The lowest BCUT2D eigenvalue weighted by atomic mass is 10.2. The van der Waals surface area contributed by atoms with Crippen molar-refractivity contribution in [3.05, 3.63) is 28.2 Å². The Morgan fingerprint density at radius 1 is 1.38 bits per heavy atom. The molecule has 0 atom stereocenters. The number of hydrogen-bond donors (Lipinski definition) is 0. The van der Waals surface area contributed by atoms with Crippen LogP contribution in [0.3, 0.4) is 0 Å². The van der Waals surface area contributed by atoms with Gasteiger partial charge in [0.15, 0.2) is 0 Å². The standard InChI is InChI=1S/C12H13BrClNO/c13-11-8-10(9-14)4-5-12(11)16-7-3-1-2-6-15/h4-5,8H,1-3,7,9H2. The molecule has 0 fully saturated rings. The van der Waals surface area contributed by atoms with Crippen LogP contribution in [0.4, 0.5) is 0 Å². The molecular formula is C12H13BrClNO. The maximum Gasteiger partial charge on any atom is 0.133 e. The van der Waals surface area contributed by atoms with Gasteiger partial charge in [0.05, 0.1) is 17.1 Å². The summed E-state index contributed by atoms with van der Waals surface area (Å²) in [4.78, 5) is 0. The van der Waals surface area contributed by atoms with Crippen molar-refractivity contribution in [2.75, 3.05) is 6.61 Å². The second kappa shape index (κ2) is 7.54.